The highest BCUT2D eigenvalue weighted by molar-refractivity contribution is 7.89. The normalized spacial score (nSPS) is 11.4. The number of thiophene rings is 1. The van der Waals surface area contributed by atoms with Gasteiger partial charge in [0.1, 0.15) is 4.90 Å². The lowest BCUT2D eigenvalue weighted by Crippen LogP contribution is -2.27. The van der Waals surface area contributed by atoms with Gasteiger partial charge in [0, 0.05) is 17.6 Å². The van der Waals surface area contributed by atoms with Crippen molar-refractivity contribution in [3.63, 3.8) is 0 Å². The molecule has 0 bridgehead atoms. The van der Waals surface area contributed by atoms with Gasteiger partial charge >= 0.3 is 0 Å². The minimum absolute atomic E-state index is 0.0451. The summed E-state index contributed by atoms with van der Waals surface area (Å²) in [6.45, 7) is 0.335. The second-order valence-electron chi connectivity index (χ2n) is 3.72. The van der Waals surface area contributed by atoms with Crippen LogP contribution in [-0.2, 0) is 16.4 Å². The van der Waals surface area contributed by atoms with Crippen molar-refractivity contribution in [1.29, 1.82) is 0 Å². The third-order valence-electron chi connectivity index (χ3n) is 2.44. The van der Waals surface area contributed by atoms with Crippen molar-refractivity contribution in [3.8, 4) is 0 Å². The Labute approximate surface area is 115 Å². The number of pyridine rings is 1. The summed E-state index contributed by atoms with van der Waals surface area (Å²) in [5, 5.41) is 1.96. The van der Waals surface area contributed by atoms with Crippen LogP contribution in [-0.4, -0.2) is 19.9 Å². The van der Waals surface area contributed by atoms with E-state index in [9.17, 15) is 8.42 Å². The molecule has 2 aromatic rings. The zero-order chi connectivity index (χ0) is 13.7. The summed E-state index contributed by atoms with van der Waals surface area (Å²) in [6, 6.07) is 6.91. The first-order valence-corrected chi connectivity index (χ1v) is 7.93. The highest BCUT2D eigenvalue weighted by atomic mass is 32.2. The third kappa shape index (κ3) is 3.51. The molecule has 2 heterocycles. The Kier molecular flexibility index (Phi) is 4.48. The van der Waals surface area contributed by atoms with E-state index >= 15 is 0 Å². The minimum Gasteiger partial charge on any atom is -0.307 e. The number of nitrogens with two attached hydrogens (primary N) is 1. The van der Waals surface area contributed by atoms with Gasteiger partial charge in [-0.3, -0.25) is 0 Å². The predicted molar refractivity (Wildman–Crippen MR) is 75.3 cm³/mol. The van der Waals surface area contributed by atoms with Crippen LogP contribution in [0, 0.1) is 0 Å². The maximum Gasteiger partial charge on any atom is 0.244 e. The van der Waals surface area contributed by atoms with Gasteiger partial charge < -0.3 is 5.43 Å². The molecule has 0 saturated carbocycles. The zero-order valence-corrected chi connectivity index (χ0v) is 11.7. The molecule has 0 fully saturated rings. The van der Waals surface area contributed by atoms with Crippen molar-refractivity contribution >= 4 is 27.2 Å². The highest BCUT2D eigenvalue weighted by Gasteiger charge is 2.18. The molecule has 2 aromatic heterocycles. The van der Waals surface area contributed by atoms with Crippen molar-refractivity contribution in [1.82, 2.24) is 9.71 Å². The summed E-state index contributed by atoms with van der Waals surface area (Å²) in [4.78, 5) is 5.04. The molecule has 0 spiro atoms. The number of rotatable bonds is 6. The number of nitrogens with zero attached hydrogens (tertiary/aromatic N) is 1. The Balaban J connectivity index is 2.05. The maximum atomic E-state index is 12.1. The average Bonchev–Trinajstić information content (AvgIpc) is 2.91. The standard InChI is InChI=1S/C11H14N4O2S2/c12-15-11-10(4-1-6-13-11)19(16,17)14-7-5-9-3-2-8-18-9/h1-4,6,8,14H,5,7,12H2,(H,13,15). The molecular formula is C11H14N4O2S2. The lowest BCUT2D eigenvalue weighted by molar-refractivity contribution is 0.582. The molecule has 0 aliphatic heterocycles. The van der Waals surface area contributed by atoms with E-state index in [1.165, 1.54) is 12.3 Å². The van der Waals surface area contributed by atoms with Gasteiger partial charge in [0.25, 0.3) is 0 Å². The van der Waals surface area contributed by atoms with Crippen LogP contribution >= 0.6 is 11.3 Å². The average molecular weight is 298 g/mol. The summed E-state index contributed by atoms with van der Waals surface area (Å²) in [5.74, 6) is 5.38. The van der Waals surface area contributed by atoms with Crippen LogP contribution in [0.2, 0.25) is 0 Å². The van der Waals surface area contributed by atoms with E-state index in [2.05, 4.69) is 15.1 Å². The predicted octanol–water partition coefficient (Wildman–Crippen LogP) is 0.950. The minimum atomic E-state index is -3.61. The number of hydrazine groups is 1. The number of sulfonamides is 1. The van der Waals surface area contributed by atoms with Crippen molar-refractivity contribution in [2.75, 3.05) is 12.0 Å². The van der Waals surface area contributed by atoms with Gasteiger partial charge in [0.2, 0.25) is 10.0 Å². The molecule has 0 aliphatic carbocycles. The van der Waals surface area contributed by atoms with Crippen LogP contribution in [0.4, 0.5) is 5.82 Å². The first-order valence-electron chi connectivity index (χ1n) is 5.57. The molecule has 102 valence electrons. The molecule has 6 nitrogen and oxygen atoms in total. The van der Waals surface area contributed by atoms with E-state index in [-0.39, 0.29) is 10.7 Å². The van der Waals surface area contributed by atoms with Crippen LogP contribution in [0.3, 0.4) is 0 Å². The second kappa shape index (κ2) is 6.11. The van der Waals surface area contributed by atoms with Gasteiger partial charge in [0.15, 0.2) is 5.82 Å². The Morgan fingerprint density at radius 2 is 2.16 bits per heavy atom. The largest absolute Gasteiger partial charge is 0.307 e. The Hall–Kier alpha value is -1.48. The van der Waals surface area contributed by atoms with Crippen molar-refractivity contribution in [3.05, 3.63) is 40.7 Å². The molecule has 0 saturated heterocycles. The molecule has 0 atom stereocenters. The third-order valence-corrected chi connectivity index (χ3v) is 4.87. The Bertz CT molecular complexity index is 626. The quantitative estimate of drug-likeness (QED) is 0.545. The maximum absolute atomic E-state index is 12.1. The molecule has 0 unspecified atom stereocenters. The van der Waals surface area contributed by atoms with Crippen molar-refractivity contribution in [2.45, 2.75) is 11.3 Å². The van der Waals surface area contributed by atoms with Crippen LogP contribution in [0.5, 0.6) is 0 Å². The SMILES string of the molecule is NNc1ncccc1S(=O)(=O)NCCc1cccs1. The fourth-order valence-corrected chi connectivity index (χ4v) is 3.42. The van der Waals surface area contributed by atoms with Crippen molar-refractivity contribution in [2.24, 2.45) is 5.84 Å². The molecule has 19 heavy (non-hydrogen) atoms. The van der Waals surface area contributed by atoms with Gasteiger partial charge in [-0.25, -0.2) is 24.0 Å². The number of hydrogen-bond donors (Lipinski definition) is 3. The molecule has 0 aromatic carbocycles. The molecule has 8 heteroatoms. The fraction of sp³-hybridized carbons (Fsp3) is 0.182. The number of hydrogen-bond acceptors (Lipinski definition) is 6. The number of nitrogen functional groups attached to an aromatic ring is 1. The van der Waals surface area contributed by atoms with Gasteiger partial charge in [0.05, 0.1) is 0 Å². The summed E-state index contributed by atoms with van der Waals surface area (Å²) in [7, 11) is -3.61. The van der Waals surface area contributed by atoms with Gasteiger partial charge in [-0.2, -0.15) is 0 Å². The molecule has 0 amide bonds. The van der Waals surface area contributed by atoms with Gasteiger partial charge in [-0.1, -0.05) is 6.07 Å². The molecule has 0 aliphatic rings. The first-order chi connectivity index (χ1) is 9.13. The number of aromatic nitrogens is 1. The lowest BCUT2D eigenvalue weighted by atomic mass is 10.3. The number of anilines is 1. The summed E-state index contributed by atoms with van der Waals surface area (Å²) >= 11 is 1.60. The van der Waals surface area contributed by atoms with E-state index in [4.69, 9.17) is 5.84 Å². The van der Waals surface area contributed by atoms with E-state index in [0.717, 1.165) is 4.88 Å². The van der Waals surface area contributed by atoms with E-state index < -0.39 is 10.0 Å². The molecule has 2 rings (SSSR count). The summed E-state index contributed by atoms with van der Waals surface area (Å²) in [6.07, 6.45) is 2.13. The van der Waals surface area contributed by atoms with Crippen LogP contribution in [0.1, 0.15) is 4.88 Å². The molecule has 4 N–H and O–H groups in total. The smallest absolute Gasteiger partial charge is 0.244 e. The van der Waals surface area contributed by atoms with Gasteiger partial charge in [-0.05, 0) is 30.0 Å². The second-order valence-corrected chi connectivity index (χ2v) is 6.49. The molecule has 0 radical (unpaired) electrons. The van der Waals surface area contributed by atoms with E-state index in [1.54, 1.807) is 17.4 Å². The van der Waals surface area contributed by atoms with Crippen LogP contribution in [0.25, 0.3) is 0 Å². The van der Waals surface area contributed by atoms with Crippen LogP contribution in [0.15, 0.2) is 40.7 Å². The topological polar surface area (TPSA) is 97.1 Å². The lowest BCUT2D eigenvalue weighted by Gasteiger charge is -2.09. The highest BCUT2D eigenvalue weighted by Crippen LogP contribution is 2.16. The Morgan fingerprint density at radius 1 is 1.32 bits per heavy atom. The number of nitrogens with one attached hydrogen (secondary N) is 2. The molecular weight excluding hydrogens is 284 g/mol. The zero-order valence-electron chi connectivity index (χ0n) is 10.0. The van der Waals surface area contributed by atoms with E-state index in [1.807, 2.05) is 17.5 Å². The summed E-state index contributed by atoms with van der Waals surface area (Å²) < 4.78 is 26.7. The fourth-order valence-electron chi connectivity index (χ4n) is 1.56. The van der Waals surface area contributed by atoms with E-state index in [0.29, 0.717) is 13.0 Å². The van der Waals surface area contributed by atoms with Gasteiger partial charge in [-0.15, -0.1) is 11.3 Å². The monoisotopic (exact) mass is 298 g/mol. The Morgan fingerprint density at radius 3 is 2.84 bits per heavy atom. The summed E-state index contributed by atoms with van der Waals surface area (Å²) in [5.41, 5.74) is 2.28. The van der Waals surface area contributed by atoms with Crippen molar-refractivity contribution < 1.29 is 8.42 Å². The van der Waals surface area contributed by atoms with Crippen LogP contribution < -0.4 is 16.0 Å². The first kappa shape index (κ1) is 13.9.